The molecule has 6 heteroatoms. The normalized spacial score (nSPS) is 13.2. The molecule has 0 saturated heterocycles. The molecule has 3 aromatic rings. The van der Waals surface area contributed by atoms with Gasteiger partial charge in [-0.2, -0.15) is 0 Å². The van der Waals surface area contributed by atoms with Crippen molar-refractivity contribution in [1.29, 1.82) is 5.41 Å². The second-order valence-electron chi connectivity index (χ2n) is 14.8. The van der Waals surface area contributed by atoms with Gasteiger partial charge in [0.05, 0.1) is 0 Å². The number of allylic oxidation sites excluding steroid dienone is 2. The summed E-state index contributed by atoms with van der Waals surface area (Å²) in [4.78, 5) is 29.5. The summed E-state index contributed by atoms with van der Waals surface area (Å²) in [6.45, 7) is 12.7. The van der Waals surface area contributed by atoms with Crippen LogP contribution in [-0.2, 0) is 34.3 Å². The summed E-state index contributed by atoms with van der Waals surface area (Å²) in [5.41, 5.74) is 7.78. The van der Waals surface area contributed by atoms with Crippen molar-refractivity contribution in [3.05, 3.63) is 107 Å². The molecule has 261 valence electrons. The number of amides is 1. The van der Waals surface area contributed by atoms with Gasteiger partial charge in [0.15, 0.2) is 5.78 Å². The van der Waals surface area contributed by atoms with Gasteiger partial charge in [0, 0.05) is 44.3 Å². The lowest BCUT2D eigenvalue weighted by Crippen LogP contribution is -2.36. The number of ketones is 1. The van der Waals surface area contributed by atoms with Gasteiger partial charge in [-0.3, -0.25) is 15.0 Å². The predicted molar refractivity (Wildman–Crippen MR) is 202 cm³/mol. The average Bonchev–Trinajstić information content (AvgIpc) is 3.91. The summed E-state index contributed by atoms with van der Waals surface area (Å²) in [5.74, 6) is 1.70. The van der Waals surface area contributed by atoms with Crippen LogP contribution in [0.1, 0.15) is 82.6 Å². The zero-order valence-electron chi connectivity index (χ0n) is 30.8. The monoisotopic (exact) mass is 662 g/mol. The predicted octanol–water partition coefficient (Wildman–Crippen LogP) is 8.65. The van der Waals surface area contributed by atoms with E-state index in [2.05, 4.69) is 93.3 Å². The molecule has 0 saturated carbocycles. The molecule has 1 aliphatic rings. The SMILES string of the molecule is CCN(C(=N)CCCc1cccc(-c2ccc(OCCN(C)C)c(CC(=O)C3=C[CH]3)c2)c1)C(=O)CCC(C)Cc1ccc(C(C)(C)C)cc1. The number of carbonyl (C=O) groups is 2. The van der Waals surface area contributed by atoms with E-state index in [4.69, 9.17) is 10.1 Å². The number of Topliss-reactive ketones (excluding diaryl/α,β-unsaturated/α-hetero) is 1. The fourth-order valence-electron chi connectivity index (χ4n) is 6.05. The second kappa shape index (κ2) is 17.6. The molecule has 0 spiro atoms. The molecule has 0 heterocycles. The fourth-order valence-corrected chi connectivity index (χ4v) is 6.05. The number of likely N-dealkylation sites (N-methyl/N-ethyl adjacent to an activating group) is 1. The number of rotatable bonds is 18. The van der Waals surface area contributed by atoms with Gasteiger partial charge in [0.25, 0.3) is 0 Å². The number of aryl methyl sites for hydroxylation is 1. The first-order valence-corrected chi connectivity index (χ1v) is 17.9. The number of benzene rings is 3. The molecule has 1 N–H and O–H groups in total. The highest BCUT2D eigenvalue weighted by Crippen LogP contribution is 2.30. The molecule has 1 unspecified atom stereocenters. The number of ether oxygens (including phenoxy) is 1. The Morgan fingerprint density at radius 2 is 1.63 bits per heavy atom. The lowest BCUT2D eigenvalue weighted by molar-refractivity contribution is -0.127. The first kappa shape index (κ1) is 37.8. The van der Waals surface area contributed by atoms with E-state index in [9.17, 15) is 9.59 Å². The van der Waals surface area contributed by atoms with Gasteiger partial charge in [-0.1, -0.05) is 88.4 Å². The standard InChI is InChI=1S/C43H56N3O3/c1-8-46(42(48)24-15-31(2)27-33-16-21-38(22-17-33)43(3,4)5)41(44)14-10-12-32-11-9-13-35(28-32)36-20-23-40(49-26-25-45(6)7)37(29-36)30-39(47)34-18-19-34/h9,11,13,16-23,28-29,31,44H,8,10,12,14-15,24-27,30H2,1-7H3. The third kappa shape index (κ3) is 11.8. The van der Waals surface area contributed by atoms with Crippen LogP contribution in [-0.4, -0.2) is 61.1 Å². The van der Waals surface area contributed by atoms with Gasteiger partial charge in [-0.15, -0.1) is 0 Å². The van der Waals surface area contributed by atoms with Crippen LogP contribution >= 0.6 is 0 Å². The van der Waals surface area contributed by atoms with E-state index in [0.717, 1.165) is 60.2 Å². The number of hydrogen-bond donors (Lipinski definition) is 1. The molecule has 1 radical (unpaired) electrons. The molecule has 1 aliphatic carbocycles. The highest BCUT2D eigenvalue weighted by Gasteiger charge is 2.21. The molecule has 0 aromatic heterocycles. The van der Waals surface area contributed by atoms with Crippen LogP contribution < -0.4 is 4.74 Å². The molecule has 6 nitrogen and oxygen atoms in total. The molecule has 0 bridgehead atoms. The number of nitrogens with zero attached hydrogens (tertiary/aromatic N) is 2. The molecule has 3 aromatic carbocycles. The summed E-state index contributed by atoms with van der Waals surface area (Å²) in [6, 6.07) is 23.5. The van der Waals surface area contributed by atoms with Crippen LogP contribution in [0, 0.1) is 17.7 Å². The highest BCUT2D eigenvalue weighted by molar-refractivity contribution is 6.04. The van der Waals surface area contributed by atoms with E-state index < -0.39 is 0 Å². The first-order chi connectivity index (χ1) is 23.3. The Morgan fingerprint density at radius 3 is 2.29 bits per heavy atom. The smallest absolute Gasteiger partial charge is 0.227 e. The van der Waals surface area contributed by atoms with E-state index in [-0.39, 0.29) is 17.1 Å². The Kier molecular flexibility index (Phi) is 13.6. The van der Waals surface area contributed by atoms with Crippen LogP contribution in [0.3, 0.4) is 0 Å². The van der Waals surface area contributed by atoms with Crippen molar-refractivity contribution in [2.24, 2.45) is 5.92 Å². The summed E-state index contributed by atoms with van der Waals surface area (Å²) in [7, 11) is 4.03. The Bertz CT molecular complexity index is 1610. The molecule has 1 atom stereocenters. The third-order valence-corrected chi connectivity index (χ3v) is 9.20. The Balaban J connectivity index is 1.29. The van der Waals surface area contributed by atoms with Crippen molar-refractivity contribution in [1.82, 2.24) is 9.80 Å². The lowest BCUT2D eigenvalue weighted by atomic mass is 9.86. The van der Waals surface area contributed by atoms with Gasteiger partial charge in [0.2, 0.25) is 5.91 Å². The van der Waals surface area contributed by atoms with Gasteiger partial charge < -0.3 is 14.5 Å². The van der Waals surface area contributed by atoms with E-state index in [1.54, 1.807) is 4.90 Å². The van der Waals surface area contributed by atoms with Crippen molar-refractivity contribution in [3.8, 4) is 16.9 Å². The minimum absolute atomic E-state index is 0.0451. The Morgan fingerprint density at radius 1 is 0.918 bits per heavy atom. The van der Waals surface area contributed by atoms with Crippen LogP contribution in [0.25, 0.3) is 11.1 Å². The van der Waals surface area contributed by atoms with Crippen molar-refractivity contribution in [2.45, 2.75) is 85.0 Å². The van der Waals surface area contributed by atoms with Crippen LogP contribution in [0.4, 0.5) is 0 Å². The van der Waals surface area contributed by atoms with Gasteiger partial charge in [0.1, 0.15) is 18.2 Å². The maximum atomic E-state index is 13.2. The fraction of sp³-hybridized carbons (Fsp3) is 0.442. The summed E-state index contributed by atoms with van der Waals surface area (Å²) in [5, 5.41) is 8.72. The molecule has 0 aliphatic heterocycles. The van der Waals surface area contributed by atoms with Crippen molar-refractivity contribution >= 4 is 17.5 Å². The number of nitrogens with one attached hydrogen (secondary N) is 1. The van der Waals surface area contributed by atoms with E-state index in [1.165, 1.54) is 16.7 Å². The Hall–Kier alpha value is -4.03. The van der Waals surface area contributed by atoms with Crippen molar-refractivity contribution in [2.75, 3.05) is 33.8 Å². The molecular weight excluding hydrogens is 606 g/mol. The number of hydrogen-bond acceptors (Lipinski definition) is 5. The first-order valence-electron chi connectivity index (χ1n) is 17.9. The molecule has 0 fully saturated rings. The van der Waals surface area contributed by atoms with E-state index in [1.807, 2.05) is 39.6 Å². The number of carbonyl (C=O) groups excluding carboxylic acids is 2. The largest absolute Gasteiger partial charge is 0.492 e. The van der Waals surface area contributed by atoms with Crippen LogP contribution in [0.5, 0.6) is 5.75 Å². The minimum Gasteiger partial charge on any atom is -0.492 e. The van der Waals surface area contributed by atoms with Crippen molar-refractivity contribution in [3.63, 3.8) is 0 Å². The molecule has 49 heavy (non-hydrogen) atoms. The van der Waals surface area contributed by atoms with E-state index in [0.29, 0.717) is 44.2 Å². The zero-order valence-corrected chi connectivity index (χ0v) is 30.8. The average molecular weight is 663 g/mol. The lowest BCUT2D eigenvalue weighted by Gasteiger charge is -2.23. The van der Waals surface area contributed by atoms with Gasteiger partial charge >= 0.3 is 0 Å². The Labute approximate surface area is 295 Å². The number of amidine groups is 1. The third-order valence-electron chi connectivity index (χ3n) is 9.20. The maximum Gasteiger partial charge on any atom is 0.227 e. The zero-order chi connectivity index (χ0) is 35.6. The maximum absolute atomic E-state index is 13.2. The van der Waals surface area contributed by atoms with E-state index >= 15 is 0 Å². The highest BCUT2D eigenvalue weighted by atomic mass is 16.5. The molecule has 4 rings (SSSR count). The summed E-state index contributed by atoms with van der Waals surface area (Å²) >= 11 is 0. The van der Waals surface area contributed by atoms with Gasteiger partial charge in [-0.05, 0) is 104 Å². The minimum atomic E-state index is 0.0451. The molecular formula is C43H56N3O3. The molecule has 1 amide bonds. The summed E-state index contributed by atoms with van der Waals surface area (Å²) in [6.07, 6.45) is 8.40. The topological polar surface area (TPSA) is 73.7 Å². The van der Waals surface area contributed by atoms with Crippen LogP contribution in [0.2, 0.25) is 0 Å². The summed E-state index contributed by atoms with van der Waals surface area (Å²) < 4.78 is 6.08. The second-order valence-corrected chi connectivity index (χ2v) is 14.8. The van der Waals surface area contributed by atoms with Crippen LogP contribution in [0.15, 0.2) is 78.4 Å². The van der Waals surface area contributed by atoms with Crippen molar-refractivity contribution < 1.29 is 14.3 Å². The van der Waals surface area contributed by atoms with Gasteiger partial charge in [-0.25, -0.2) is 0 Å². The quantitative estimate of drug-likeness (QED) is 0.109.